The predicted octanol–water partition coefficient (Wildman–Crippen LogP) is 0.989. The first-order valence-corrected chi connectivity index (χ1v) is 8.20. The van der Waals surface area contributed by atoms with Gasteiger partial charge >= 0.3 is 0 Å². The van der Waals surface area contributed by atoms with E-state index >= 15 is 0 Å². The molecular formula is C13H20N4O3S. The van der Waals surface area contributed by atoms with Gasteiger partial charge in [-0.3, -0.25) is 5.10 Å². The molecule has 0 aliphatic carbocycles. The summed E-state index contributed by atoms with van der Waals surface area (Å²) in [4.78, 5) is 0.155. The van der Waals surface area contributed by atoms with Gasteiger partial charge in [0.15, 0.2) is 0 Å². The minimum Gasteiger partial charge on any atom is -0.464 e. The Morgan fingerprint density at radius 3 is 2.76 bits per heavy atom. The SMILES string of the molecule is Cc1[nH]ncc1CCCNS(=O)(=O)c1cc(CN)oc1C. The number of nitrogens with zero attached hydrogens (tertiary/aromatic N) is 1. The number of nitrogens with one attached hydrogen (secondary N) is 2. The first kappa shape index (κ1) is 15.7. The van der Waals surface area contributed by atoms with Gasteiger partial charge in [-0.2, -0.15) is 5.10 Å². The fourth-order valence-electron chi connectivity index (χ4n) is 2.08. The van der Waals surface area contributed by atoms with E-state index in [9.17, 15) is 8.42 Å². The number of rotatable bonds is 7. The van der Waals surface area contributed by atoms with E-state index in [0.717, 1.165) is 17.7 Å². The van der Waals surface area contributed by atoms with Crippen molar-refractivity contribution in [3.05, 3.63) is 35.0 Å². The van der Waals surface area contributed by atoms with Crippen LogP contribution >= 0.6 is 0 Å². The van der Waals surface area contributed by atoms with E-state index in [1.807, 2.05) is 6.92 Å². The van der Waals surface area contributed by atoms with Crippen molar-refractivity contribution >= 4 is 10.0 Å². The predicted molar refractivity (Wildman–Crippen MR) is 78.2 cm³/mol. The molecule has 0 atom stereocenters. The Morgan fingerprint density at radius 2 is 2.19 bits per heavy atom. The Hall–Kier alpha value is -1.64. The second kappa shape index (κ2) is 6.42. The lowest BCUT2D eigenvalue weighted by molar-refractivity contribution is 0.478. The lowest BCUT2D eigenvalue weighted by atomic mass is 10.1. The summed E-state index contributed by atoms with van der Waals surface area (Å²) >= 11 is 0. The molecule has 0 amide bonds. The van der Waals surface area contributed by atoms with Gasteiger partial charge in [-0.1, -0.05) is 0 Å². The maximum absolute atomic E-state index is 12.2. The molecule has 0 aromatic carbocycles. The standard InChI is InChI=1S/C13H20N4O3S/c1-9-11(8-15-17-9)4-3-5-16-21(18,19)13-6-12(7-14)20-10(13)2/h6,8,16H,3-5,7,14H2,1-2H3,(H,15,17). The highest BCUT2D eigenvalue weighted by molar-refractivity contribution is 7.89. The second-order valence-corrected chi connectivity index (χ2v) is 6.59. The van der Waals surface area contributed by atoms with Crippen molar-refractivity contribution in [1.29, 1.82) is 0 Å². The van der Waals surface area contributed by atoms with E-state index < -0.39 is 10.0 Å². The molecule has 0 bridgehead atoms. The van der Waals surface area contributed by atoms with Gasteiger partial charge in [0.05, 0.1) is 12.7 Å². The molecule has 0 radical (unpaired) electrons. The third kappa shape index (κ3) is 3.72. The average molecular weight is 312 g/mol. The topological polar surface area (TPSA) is 114 Å². The third-order valence-electron chi connectivity index (χ3n) is 3.26. The molecule has 4 N–H and O–H groups in total. The normalized spacial score (nSPS) is 12.0. The van der Waals surface area contributed by atoms with E-state index in [2.05, 4.69) is 14.9 Å². The molecule has 116 valence electrons. The number of aryl methyl sites for hydroxylation is 3. The van der Waals surface area contributed by atoms with E-state index in [1.54, 1.807) is 13.1 Å². The lowest BCUT2D eigenvalue weighted by Gasteiger charge is -2.05. The fourth-order valence-corrected chi connectivity index (χ4v) is 3.36. The smallest absolute Gasteiger partial charge is 0.244 e. The number of furan rings is 1. The molecule has 0 unspecified atom stereocenters. The molecule has 0 saturated carbocycles. The Bertz CT molecular complexity index is 703. The zero-order valence-corrected chi connectivity index (χ0v) is 13.0. The number of hydrogen-bond acceptors (Lipinski definition) is 5. The first-order valence-electron chi connectivity index (χ1n) is 6.72. The summed E-state index contributed by atoms with van der Waals surface area (Å²) in [5.41, 5.74) is 7.55. The second-order valence-electron chi connectivity index (χ2n) is 4.86. The Kier molecular flexibility index (Phi) is 4.81. The summed E-state index contributed by atoms with van der Waals surface area (Å²) in [5, 5.41) is 6.79. The van der Waals surface area contributed by atoms with Crippen LogP contribution in [0.15, 0.2) is 21.6 Å². The number of aromatic nitrogens is 2. The summed E-state index contributed by atoms with van der Waals surface area (Å²) in [6.07, 6.45) is 3.22. The van der Waals surface area contributed by atoms with Gasteiger partial charge in [0, 0.05) is 18.3 Å². The molecular weight excluding hydrogens is 292 g/mol. The minimum absolute atomic E-state index is 0.155. The number of nitrogens with two attached hydrogens (primary N) is 1. The molecule has 2 rings (SSSR count). The van der Waals surface area contributed by atoms with Crippen LogP contribution in [0.4, 0.5) is 0 Å². The van der Waals surface area contributed by atoms with Gasteiger partial charge in [-0.25, -0.2) is 13.1 Å². The van der Waals surface area contributed by atoms with Crippen LogP contribution in [0.1, 0.15) is 29.2 Å². The van der Waals surface area contributed by atoms with Gasteiger partial charge in [-0.05, 0) is 32.3 Å². The van der Waals surface area contributed by atoms with Crippen LogP contribution in [0.2, 0.25) is 0 Å². The maximum Gasteiger partial charge on any atom is 0.244 e. The number of hydrogen-bond donors (Lipinski definition) is 3. The molecule has 2 aromatic heterocycles. The molecule has 7 nitrogen and oxygen atoms in total. The summed E-state index contributed by atoms with van der Waals surface area (Å²) in [5.74, 6) is 0.815. The Morgan fingerprint density at radius 1 is 1.43 bits per heavy atom. The largest absolute Gasteiger partial charge is 0.464 e. The van der Waals surface area contributed by atoms with Crippen molar-refractivity contribution in [3.63, 3.8) is 0 Å². The van der Waals surface area contributed by atoms with E-state index in [4.69, 9.17) is 10.2 Å². The first-order chi connectivity index (χ1) is 9.94. The third-order valence-corrected chi connectivity index (χ3v) is 4.83. The molecule has 2 heterocycles. The zero-order chi connectivity index (χ0) is 15.5. The van der Waals surface area contributed by atoms with Crippen molar-refractivity contribution in [3.8, 4) is 0 Å². The highest BCUT2D eigenvalue weighted by Crippen LogP contribution is 2.19. The molecule has 0 fully saturated rings. The Balaban J connectivity index is 1.92. The highest BCUT2D eigenvalue weighted by Gasteiger charge is 2.20. The molecule has 0 aliphatic rings. The molecule has 0 spiro atoms. The molecule has 21 heavy (non-hydrogen) atoms. The van der Waals surface area contributed by atoms with Crippen molar-refractivity contribution in [2.75, 3.05) is 6.54 Å². The summed E-state index contributed by atoms with van der Waals surface area (Å²) in [7, 11) is -3.55. The average Bonchev–Trinajstić information content (AvgIpc) is 3.01. The number of H-pyrrole nitrogens is 1. The quantitative estimate of drug-likeness (QED) is 0.660. The lowest BCUT2D eigenvalue weighted by Crippen LogP contribution is -2.25. The number of aromatic amines is 1. The zero-order valence-electron chi connectivity index (χ0n) is 12.1. The van der Waals surface area contributed by atoms with Crippen LogP contribution in [-0.2, 0) is 23.0 Å². The molecule has 0 saturated heterocycles. The fraction of sp³-hybridized carbons (Fsp3) is 0.462. The molecule has 2 aromatic rings. The summed E-state index contributed by atoms with van der Waals surface area (Å²) in [6.45, 7) is 4.09. The van der Waals surface area contributed by atoms with Crippen LogP contribution < -0.4 is 10.5 Å². The molecule has 0 aliphatic heterocycles. The van der Waals surface area contributed by atoms with Gasteiger partial charge in [0.2, 0.25) is 10.0 Å². The summed E-state index contributed by atoms with van der Waals surface area (Å²) in [6, 6.07) is 1.47. The highest BCUT2D eigenvalue weighted by atomic mass is 32.2. The van der Waals surface area contributed by atoms with Crippen molar-refractivity contribution < 1.29 is 12.8 Å². The van der Waals surface area contributed by atoms with E-state index in [1.165, 1.54) is 6.07 Å². The maximum atomic E-state index is 12.2. The van der Waals surface area contributed by atoms with Gasteiger partial charge < -0.3 is 10.2 Å². The summed E-state index contributed by atoms with van der Waals surface area (Å²) < 4.78 is 32.2. The van der Waals surface area contributed by atoms with Gasteiger partial charge in [-0.15, -0.1) is 0 Å². The monoisotopic (exact) mass is 312 g/mol. The van der Waals surface area contributed by atoms with Crippen LogP contribution in [0.25, 0.3) is 0 Å². The van der Waals surface area contributed by atoms with Crippen LogP contribution in [-0.4, -0.2) is 25.2 Å². The minimum atomic E-state index is -3.55. The molecule has 8 heteroatoms. The van der Waals surface area contributed by atoms with E-state index in [-0.39, 0.29) is 11.4 Å². The number of sulfonamides is 1. The van der Waals surface area contributed by atoms with Crippen molar-refractivity contribution in [1.82, 2.24) is 14.9 Å². The van der Waals surface area contributed by atoms with Gasteiger partial charge in [0.1, 0.15) is 16.4 Å². The van der Waals surface area contributed by atoms with Crippen LogP contribution in [0, 0.1) is 13.8 Å². The van der Waals surface area contributed by atoms with Gasteiger partial charge in [0.25, 0.3) is 0 Å². The van der Waals surface area contributed by atoms with Crippen molar-refractivity contribution in [2.24, 2.45) is 5.73 Å². The van der Waals surface area contributed by atoms with E-state index in [0.29, 0.717) is 24.5 Å². The van der Waals surface area contributed by atoms with Crippen LogP contribution in [0.3, 0.4) is 0 Å². The Labute approximate surface area is 124 Å². The van der Waals surface area contributed by atoms with Crippen molar-refractivity contribution in [2.45, 2.75) is 38.1 Å². The van der Waals surface area contributed by atoms with Crippen LogP contribution in [0.5, 0.6) is 0 Å².